The van der Waals surface area contributed by atoms with Crippen molar-refractivity contribution in [3.05, 3.63) is 77.1 Å². The number of aryl methyl sites for hydroxylation is 2. The van der Waals surface area contributed by atoms with Gasteiger partial charge in [-0.25, -0.2) is 13.8 Å². The molecule has 1 aromatic heterocycles. The lowest BCUT2D eigenvalue weighted by Crippen LogP contribution is -2.39. The Morgan fingerprint density at radius 2 is 1.73 bits per heavy atom. The molecule has 1 heterocycles. The molecule has 0 radical (unpaired) electrons. The molecule has 9 heteroatoms. The van der Waals surface area contributed by atoms with Crippen LogP contribution in [0.3, 0.4) is 0 Å². The third-order valence-corrected chi connectivity index (χ3v) is 6.34. The van der Waals surface area contributed by atoms with Gasteiger partial charge in [0.25, 0.3) is 5.91 Å². The number of carbonyl (C=O) groups excluding carboxylic acids is 1. The summed E-state index contributed by atoms with van der Waals surface area (Å²) in [5, 5.41) is 4.04. The third-order valence-electron chi connectivity index (χ3n) is 5.20. The lowest BCUT2D eigenvalue weighted by molar-refractivity contribution is -0.119. The summed E-state index contributed by atoms with van der Waals surface area (Å²) in [5.74, 6) is 0.0318. The Morgan fingerprint density at radius 1 is 1.09 bits per heavy atom. The van der Waals surface area contributed by atoms with Gasteiger partial charge in [0.15, 0.2) is 0 Å². The number of benzene rings is 2. The van der Waals surface area contributed by atoms with Crippen LogP contribution >= 0.6 is 0 Å². The van der Waals surface area contributed by atoms with Crippen molar-refractivity contribution in [1.82, 2.24) is 9.99 Å². The lowest BCUT2D eigenvalue weighted by atomic mass is 10.2. The number of methoxy groups -OCH3 is 1. The molecule has 2 aromatic carbocycles. The van der Waals surface area contributed by atoms with Crippen molar-refractivity contribution in [3.63, 3.8) is 0 Å². The average Bonchev–Trinajstić information content (AvgIpc) is 3.05. The highest BCUT2D eigenvalue weighted by Gasteiger charge is 2.20. The molecule has 33 heavy (non-hydrogen) atoms. The summed E-state index contributed by atoms with van der Waals surface area (Å²) in [4.78, 5) is 12.4. The Labute approximate surface area is 194 Å². The molecule has 0 saturated carbocycles. The zero-order chi connectivity index (χ0) is 24.2. The minimum absolute atomic E-state index is 0.360. The minimum atomic E-state index is -3.68. The number of hydrogen-bond donors (Lipinski definition) is 1. The van der Waals surface area contributed by atoms with Crippen molar-refractivity contribution in [2.75, 3.05) is 24.2 Å². The van der Waals surface area contributed by atoms with E-state index < -0.39 is 22.5 Å². The monoisotopic (exact) mass is 468 g/mol. The first-order valence-electron chi connectivity index (χ1n) is 10.3. The van der Waals surface area contributed by atoms with Crippen LogP contribution in [0, 0.1) is 20.8 Å². The van der Waals surface area contributed by atoms with Crippen LogP contribution in [0.15, 0.2) is 59.7 Å². The van der Waals surface area contributed by atoms with Crippen molar-refractivity contribution < 1.29 is 17.9 Å². The van der Waals surface area contributed by atoms with Gasteiger partial charge in [-0.3, -0.25) is 9.10 Å². The number of aromatic nitrogens is 1. The molecular weight excluding hydrogens is 440 g/mol. The van der Waals surface area contributed by atoms with E-state index in [1.165, 1.54) is 12.7 Å². The molecule has 8 nitrogen and oxygen atoms in total. The van der Waals surface area contributed by atoms with E-state index in [2.05, 4.69) is 39.4 Å². The Morgan fingerprint density at radius 3 is 2.30 bits per heavy atom. The van der Waals surface area contributed by atoms with Crippen LogP contribution in [0.5, 0.6) is 5.75 Å². The van der Waals surface area contributed by atoms with Gasteiger partial charge in [0, 0.05) is 22.6 Å². The Balaban J connectivity index is 1.72. The van der Waals surface area contributed by atoms with Gasteiger partial charge in [0.05, 0.1) is 25.3 Å². The number of hydrazone groups is 1. The second-order valence-electron chi connectivity index (χ2n) is 7.76. The van der Waals surface area contributed by atoms with Crippen molar-refractivity contribution in [1.29, 1.82) is 0 Å². The van der Waals surface area contributed by atoms with E-state index >= 15 is 0 Å². The maximum Gasteiger partial charge on any atom is 0.260 e. The number of sulfonamides is 1. The molecule has 3 aromatic rings. The van der Waals surface area contributed by atoms with Crippen LogP contribution in [0.4, 0.5) is 5.69 Å². The average molecular weight is 469 g/mol. The van der Waals surface area contributed by atoms with Gasteiger partial charge in [-0.2, -0.15) is 5.10 Å². The maximum absolute atomic E-state index is 12.4. The fourth-order valence-corrected chi connectivity index (χ4v) is 4.35. The second kappa shape index (κ2) is 9.91. The molecule has 0 aliphatic carbocycles. The molecule has 0 atom stereocenters. The molecule has 1 N–H and O–H groups in total. The van der Waals surface area contributed by atoms with E-state index in [1.54, 1.807) is 30.5 Å². The standard InChI is InChI=1S/C24H28N4O4S/c1-17-6-8-22(9-7-17)28-18(2)14-20(19(28)3)15-25-26-24(29)16-27(33(5,30)31)21-10-12-23(32-4)13-11-21/h6-15H,16H2,1-5H3,(H,26,29)/b25-15-. The van der Waals surface area contributed by atoms with Gasteiger partial charge in [-0.15, -0.1) is 0 Å². The Bertz CT molecular complexity index is 1260. The normalized spacial score (nSPS) is 11.5. The lowest BCUT2D eigenvalue weighted by Gasteiger charge is -2.21. The summed E-state index contributed by atoms with van der Waals surface area (Å²) in [5.41, 5.74) is 7.87. The maximum atomic E-state index is 12.4. The minimum Gasteiger partial charge on any atom is -0.497 e. The van der Waals surface area contributed by atoms with Crippen molar-refractivity contribution in [2.24, 2.45) is 5.10 Å². The van der Waals surface area contributed by atoms with Crippen LogP contribution in [0.1, 0.15) is 22.5 Å². The largest absolute Gasteiger partial charge is 0.497 e. The van der Waals surface area contributed by atoms with E-state index in [0.29, 0.717) is 11.4 Å². The quantitative estimate of drug-likeness (QED) is 0.405. The molecule has 1 amide bonds. The molecule has 0 unspecified atom stereocenters. The smallest absolute Gasteiger partial charge is 0.260 e. The van der Waals surface area contributed by atoms with Gasteiger partial charge >= 0.3 is 0 Å². The van der Waals surface area contributed by atoms with Crippen LogP contribution in [-0.4, -0.2) is 45.0 Å². The van der Waals surface area contributed by atoms with E-state index in [-0.39, 0.29) is 0 Å². The molecule has 0 fully saturated rings. The highest BCUT2D eigenvalue weighted by molar-refractivity contribution is 7.92. The highest BCUT2D eigenvalue weighted by Crippen LogP contribution is 2.22. The zero-order valence-electron chi connectivity index (χ0n) is 19.4. The molecule has 0 aliphatic rings. The summed E-state index contributed by atoms with van der Waals surface area (Å²) in [6, 6.07) is 16.6. The third kappa shape index (κ3) is 5.81. The number of nitrogens with one attached hydrogen (secondary N) is 1. The van der Waals surface area contributed by atoms with Crippen LogP contribution in [0.2, 0.25) is 0 Å². The predicted molar refractivity (Wildman–Crippen MR) is 131 cm³/mol. The predicted octanol–water partition coefficient (Wildman–Crippen LogP) is 3.33. The first-order valence-corrected chi connectivity index (χ1v) is 12.1. The van der Waals surface area contributed by atoms with Crippen molar-refractivity contribution in [3.8, 4) is 11.4 Å². The van der Waals surface area contributed by atoms with Crippen LogP contribution in [-0.2, 0) is 14.8 Å². The number of carbonyl (C=O) groups is 1. The second-order valence-corrected chi connectivity index (χ2v) is 9.67. The van der Waals surface area contributed by atoms with Gasteiger partial charge in [-0.1, -0.05) is 17.7 Å². The van der Waals surface area contributed by atoms with Gasteiger partial charge in [0.1, 0.15) is 12.3 Å². The first-order chi connectivity index (χ1) is 15.6. The Hall–Kier alpha value is -3.59. The van der Waals surface area contributed by atoms with Gasteiger partial charge in [-0.05, 0) is 63.2 Å². The van der Waals surface area contributed by atoms with Crippen LogP contribution < -0.4 is 14.5 Å². The first kappa shape index (κ1) is 24.1. The fourth-order valence-electron chi connectivity index (χ4n) is 3.50. The van der Waals surface area contributed by atoms with Crippen molar-refractivity contribution >= 4 is 27.8 Å². The summed E-state index contributed by atoms with van der Waals surface area (Å²) in [6.45, 7) is 5.62. The summed E-state index contributed by atoms with van der Waals surface area (Å²) in [7, 11) is -2.16. The van der Waals surface area contributed by atoms with E-state index in [9.17, 15) is 13.2 Å². The van der Waals surface area contributed by atoms with Gasteiger partial charge < -0.3 is 9.30 Å². The van der Waals surface area contributed by atoms with E-state index in [1.807, 2.05) is 26.8 Å². The summed E-state index contributed by atoms with van der Waals surface area (Å²) in [6.07, 6.45) is 2.61. The van der Waals surface area contributed by atoms with Gasteiger partial charge in [0.2, 0.25) is 10.0 Å². The SMILES string of the molecule is COc1ccc(N(CC(=O)N/N=C\c2cc(C)n(-c3ccc(C)cc3)c2C)S(C)(=O)=O)cc1. The number of ether oxygens (including phenoxy) is 1. The molecule has 0 aliphatic heterocycles. The zero-order valence-corrected chi connectivity index (χ0v) is 20.2. The van der Waals surface area contributed by atoms with Crippen LogP contribution in [0.25, 0.3) is 5.69 Å². The molecule has 0 saturated heterocycles. The fraction of sp³-hybridized carbons (Fsp3) is 0.250. The number of nitrogens with zero attached hydrogens (tertiary/aromatic N) is 3. The van der Waals surface area contributed by atoms with E-state index in [0.717, 1.165) is 33.2 Å². The van der Waals surface area contributed by atoms with Crippen molar-refractivity contribution in [2.45, 2.75) is 20.8 Å². The number of anilines is 1. The summed E-state index contributed by atoms with van der Waals surface area (Å²) >= 11 is 0. The molecular formula is C24H28N4O4S. The van der Waals surface area contributed by atoms with E-state index in [4.69, 9.17) is 4.74 Å². The summed E-state index contributed by atoms with van der Waals surface area (Å²) < 4.78 is 32.7. The molecule has 3 rings (SSSR count). The Kier molecular flexibility index (Phi) is 7.23. The molecule has 0 bridgehead atoms. The highest BCUT2D eigenvalue weighted by atomic mass is 32.2. The topological polar surface area (TPSA) is 93.0 Å². The number of hydrogen-bond acceptors (Lipinski definition) is 5. The number of amides is 1. The number of rotatable bonds is 8. The molecule has 0 spiro atoms. The molecule has 174 valence electrons.